The minimum atomic E-state index is -0.369. The number of Topliss-reactive ketones (excluding diaryl/α,β-unsaturated/α-hetero) is 1. The summed E-state index contributed by atoms with van der Waals surface area (Å²) in [6.07, 6.45) is 1.98. The molecule has 0 N–H and O–H groups in total. The first-order valence-corrected chi connectivity index (χ1v) is 8.74. The van der Waals surface area contributed by atoms with Crippen LogP contribution in [0.15, 0.2) is 0 Å². The number of amides is 2. The number of rotatable bonds is 4. The average Bonchev–Trinajstić information content (AvgIpc) is 2.95. The average molecular weight is 328 g/mol. The van der Waals surface area contributed by atoms with E-state index in [9.17, 15) is 14.4 Å². The summed E-state index contributed by atoms with van der Waals surface area (Å²) >= 11 is 0. The molecule has 0 spiro atoms. The Morgan fingerprint density at radius 2 is 1.65 bits per heavy atom. The van der Waals surface area contributed by atoms with Gasteiger partial charge < -0.3 is 9.80 Å². The summed E-state index contributed by atoms with van der Waals surface area (Å²) in [6.45, 7) is 14.5. The molecule has 0 radical (unpaired) electrons. The molecule has 1 fully saturated rings. The van der Waals surface area contributed by atoms with Gasteiger partial charge in [0.15, 0.2) is 0 Å². The Morgan fingerprint density at radius 1 is 1.17 bits per heavy atom. The molecular weight excluding hydrogens is 292 g/mol. The molecule has 0 bridgehead atoms. The number of likely N-dealkylation sites (N-methyl/N-ethyl adjacent to an activating group) is 1. The van der Waals surface area contributed by atoms with Crippen LogP contribution in [0.5, 0.6) is 0 Å². The molecule has 2 amide bonds. The quantitative estimate of drug-likeness (QED) is 0.796. The van der Waals surface area contributed by atoms with Crippen molar-refractivity contribution in [1.29, 1.82) is 0 Å². The lowest BCUT2D eigenvalue weighted by Gasteiger charge is -2.27. The minimum absolute atomic E-state index is 0.0112. The first-order chi connectivity index (χ1) is 10.7. The molecule has 0 saturated carbocycles. The SMILES string of the molecule is CC.CC(C)C.CCC(=O)N1CCCC1C(=O)N(C)CC(C)=O. The van der Waals surface area contributed by atoms with E-state index in [2.05, 4.69) is 20.8 Å². The third kappa shape index (κ3) is 10.1. The maximum Gasteiger partial charge on any atom is 0.245 e. The van der Waals surface area contributed by atoms with Crippen molar-refractivity contribution < 1.29 is 14.4 Å². The molecule has 1 aliphatic rings. The summed E-state index contributed by atoms with van der Waals surface area (Å²) in [5.41, 5.74) is 0. The number of hydrogen-bond acceptors (Lipinski definition) is 3. The third-order valence-corrected chi connectivity index (χ3v) is 3.00. The van der Waals surface area contributed by atoms with Gasteiger partial charge in [-0.25, -0.2) is 0 Å². The van der Waals surface area contributed by atoms with Crippen molar-refractivity contribution in [2.75, 3.05) is 20.1 Å². The van der Waals surface area contributed by atoms with Gasteiger partial charge in [-0.2, -0.15) is 0 Å². The van der Waals surface area contributed by atoms with Gasteiger partial charge in [0.2, 0.25) is 11.8 Å². The van der Waals surface area contributed by atoms with Crippen molar-refractivity contribution in [3.63, 3.8) is 0 Å². The van der Waals surface area contributed by atoms with Gasteiger partial charge in [-0.15, -0.1) is 0 Å². The maximum atomic E-state index is 12.1. The van der Waals surface area contributed by atoms with Gasteiger partial charge in [0.05, 0.1) is 6.54 Å². The summed E-state index contributed by atoms with van der Waals surface area (Å²) in [5.74, 6) is 0.670. The molecule has 1 saturated heterocycles. The lowest BCUT2D eigenvalue weighted by Crippen LogP contribution is -2.47. The topological polar surface area (TPSA) is 57.7 Å². The predicted molar refractivity (Wildman–Crippen MR) is 95.2 cm³/mol. The summed E-state index contributed by atoms with van der Waals surface area (Å²) in [7, 11) is 1.61. The van der Waals surface area contributed by atoms with Crippen molar-refractivity contribution >= 4 is 17.6 Å². The van der Waals surface area contributed by atoms with Crippen molar-refractivity contribution in [3.8, 4) is 0 Å². The smallest absolute Gasteiger partial charge is 0.245 e. The number of carbonyl (C=O) groups excluding carboxylic acids is 3. The molecule has 1 atom stereocenters. The number of ketones is 1. The monoisotopic (exact) mass is 328 g/mol. The van der Waals surface area contributed by atoms with Crippen molar-refractivity contribution in [2.24, 2.45) is 5.92 Å². The van der Waals surface area contributed by atoms with Gasteiger partial charge in [0.1, 0.15) is 11.8 Å². The Bertz CT molecular complexity index is 365. The summed E-state index contributed by atoms with van der Waals surface area (Å²) < 4.78 is 0. The highest BCUT2D eigenvalue weighted by atomic mass is 16.2. The number of carbonyl (C=O) groups is 3. The third-order valence-electron chi connectivity index (χ3n) is 3.00. The van der Waals surface area contributed by atoms with Gasteiger partial charge in [0, 0.05) is 20.0 Å². The van der Waals surface area contributed by atoms with Crippen LogP contribution in [-0.2, 0) is 14.4 Å². The Labute approximate surface area is 142 Å². The van der Waals surface area contributed by atoms with E-state index in [1.54, 1.807) is 18.9 Å². The second kappa shape index (κ2) is 13.1. The van der Waals surface area contributed by atoms with Crippen LogP contribution in [0.2, 0.25) is 0 Å². The highest BCUT2D eigenvalue weighted by Gasteiger charge is 2.34. The van der Waals surface area contributed by atoms with E-state index in [1.165, 1.54) is 11.8 Å². The van der Waals surface area contributed by atoms with Crippen LogP contribution in [0.3, 0.4) is 0 Å². The summed E-state index contributed by atoms with van der Waals surface area (Å²) in [5, 5.41) is 0. The number of hydrogen-bond donors (Lipinski definition) is 0. The van der Waals surface area contributed by atoms with Crippen molar-refractivity contribution in [1.82, 2.24) is 9.80 Å². The molecular formula is C18H36N2O3. The second-order valence-electron chi connectivity index (χ2n) is 6.23. The molecule has 0 aliphatic carbocycles. The van der Waals surface area contributed by atoms with Gasteiger partial charge in [-0.3, -0.25) is 14.4 Å². The molecule has 5 heteroatoms. The Morgan fingerprint density at radius 3 is 2.04 bits per heavy atom. The molecule has 1 heterocycles. The lowest BCUT2D eigenvalue weighted by molar-refractivity contribution is -0.143. The van der Waals surface area contributed by atoms with E-state index >= 15 is 0 Å². The predicted octanol–water partition coefficient (Wildman–Crippen LogP) is 3.12. The zero-order valence-corrected chi connectivity index (χ0v) is 16.3. The fourth-order valence-corrected chi connectivity index (χ4v) is 2.19. The van der Waals surface area contributed by atoms with Crippen LogP contribution < -0.4 is 0 Å². The number of nitrogens with zero attached hydrogens (tertiary/aromatic N) is 2. The molecule has 1 unspecified atom stereocenters. The number of likely N-dealkylation sites (tertiary alicyclic amines) is 1. The normalized spacial score (nSPS) is 16.0. The molecule has 0 aromatic carbocycles. The lowest BCUT2D eigenvalue weighted by atomic mass is 10.2. The Hall–Kier alpha value is -1.39. The van der Waals surface area contributed by atoms with E-state index in [0.29, 0.717) is 19.4 Å². The first kappa shape index (κ1) is 23.9. The largest absolute Gasteiger partial charge is 0.337 e. The minimum Gasteiger partial charge on any atom is -0.337 e. The van der Waals surface area contributed by atoms with Gasteiger partial charge in [0.25, 0.3) is 0 Å². The van der Waals surface area contributed by atoms with Crippen LogP contribution in [-0.4, -0.2) is 53.6 Å². The van der Waals surface area contributed by atoms with Crippen LogP contribution in [0.25, 0.3) is 0 Å². The molecule has 1 aliphatic heterocycles. The maximum absolute atomic E-state index is 12.1. The van der Waals surface area contributed by atoms with Crippen LogP contribution in [0.4, 0.5) is 0 Å². The summed E-state index contributed by atoms with van der Waals surface area (Å²) in [4.78, 5) is 37.8. The fourth-order valence-electron chi connectivity index (χ4n) is 2.19. The van der Waals surface area contributed by atoms with Crippen molar-refractivity contribution in [2.45, 2.75) is 73.8 Å². The molecule has 5 nitrogen and oxygen atoms in total. The van der Waals surface area contributed by atoms with E-state index < -0.39 is 0 Å². The fraction of sp³-hybridized carbons (Fsp3) is 0.833. The molecule has 0 aromatic rings. The van der Waals surface area contributed by atoms with Gasteiger partial charge >= 0.3 is 0 Å². The highest BCUT2D eigenvalue weighted by Crippen LogP contribution is 2.19. The molecule has 23 heavy (non-hydrogen) atoms. The van der Waals surface area contributed by atoms with Gasteiger partial charge in [-0.1, -0.05) is 41.5 Å². The van der Waals surface area contributed by atoms with Crippen LogP contribution >= 0.6 is 0 Å². The van der Waals surface area contributed by atoms with E-state index in [0.717, 1.165) is 12.3 Å². The molecule has 1 rings (SSSR count). The standard InChI is InChI=1S/C12H20N2O3.C4H10.C2H6/c1-4-11(16)14-7-5-6-10(14)12(17)13(3)8-9(2)15;1-4(2)3;1-2/h10H,4-8H2,1-3H3;4H,1-3H3;1-2H3. The molecule has 0 aromatic heterocycles. The molecule has 136 valence electrons. The van der Waals surface area contributed by atoms with E-state index in [1.807, 2.05) is 13.8 Å². The Kier molecular flexibility index (Phi) is 13.6. The van der Waals surface area contributed by atoms with Crippen LogP contribution in [0, 0.1) is 5.92 Å². The zero-order valence-electron chi connectivity index (χ0n) is 16.3. The zero-order chi connectivity index (χ0) is 18.6. The second-order valence-corrected chi connectivity index (χ2v) is 6.23. The Balaban J connectivity index is 0. The first-order valence-electron chi connectivity index (χ1n) is 8.74. The van der Waals surface area contributed by atoms with E-state index in [4.69, 9.17) is 0 Å². The van der Waals surface area contributed by atoms with Crippen LogP contribution in [0.1, 0.15) is 67.7 Å². The summed E-state index contributed by atoms with van der Waals surface area (Å²) in [6, 6.07) is -0.369. The van der Waals surface area contributed by atoms with Crippen molar-refractivity contribution in [3.05, 3.63) is 0 Å². The van der Waals surface area contributed by atoms with Gasteiger partial charge in [-0.05, 0) is 25.7 Å². The van der Waals surface area contributed by atoms with E-state index in [-0.39, 0.29) is 30.2 Å². The highest BCUT2D eigenvalue weighted by molar-refractivity contribution is 5.90.